The van der Waals surface area contributed by atoms with Crippen molar-refractivity contribution in [3.8, 4) is 5.75 Å². The molecule has 0 unspecified atom stereocenters. The number of hydrogen-bond acceptors (Lipinski definition) is 3. The molecule has 23 heavy (non-hydrogen) atoms. The Labute approximate surface area is 148 Å². The highest BCUT2D eigenvalue weighted by Crippen LogP contribution is 2.14. The quantitative estimate of drug-likeness (QED) is 0.246. The second kappa shape index (κ2) is 13.4. The van der Waals surface area contributed by atoms with Crippen molar-refractivity contribution in [3.63, 3.8) is 0 Å². The Balaban J connectivity index is 2.09. The summed E-state index contributed by atoms with van der Waals surface area (Å²) in [4.78, 5) is 11.9. The largest absolute Gasteiger partial charge is 0.493 e. The van der Waals surface area contributed by atoms with Gasteiger partial charge in [-0.3, -0.25) is 0 Å². The average molecular weight is 385 g/mol. The van der Waals surface area contributed by atoms with E-state index >= 15 is 0 Å². The number of esters is 1. The molecule has 0 saturated heterocycles. The van der Waals surface area contributed by atoms with Gasteiger partial charge in [-0.25, -0.2) is 4.79 Å². The van der Waals surface area contributed by atoms with E-state index in [0.717, 1.165) is 23.9 Å². The van der Waals surface area contributed by atoms with E-state index in [1.165, 1.54) is 38.5 Å². The summed E-state index contributed by atoms with van der Waals surface area (Å²) in [7, 11) is 0. The average Bonchev–Trinajstić information content (AvgIpc) is 2.58. The Morgan fingerprint density at radius 3 is 2.13 bits per heavy atom. The van der Waals surface area contributed by atoms with Gasteiger partial charge in [-0.05, 0) is 30.7 Å². The van der Waals surface area contributed by atoms with Crippen LogP contribution in [0.2, 0.25) is 0 Å². The Hall–Kier alpha value is -1.03. The fourth-order valence-corrected chi connectivity index (χ4v) is 2.49. The fourth-order valence-electron chi connectivity index (χ4n) is 2.33. The van der Waals surface area contributed by atoms with E-state index < -0.39 is 0 Å². The first kappa shape index (κ1) is 20.0. The van der Waals surface area contributed by atoms with Crippen LogP contribution >= 0.6 is 15.9 Å². The molecule has 0 N–H and O–H groups in total. The van der Waals surface area contributed by atoms with E-state index in [9.17, 15) is 4.79 Å². The van der Waals surface area contributed by atoms with Gasteiger partial charge in [0.1, 0.15) is 5.75 Å². The Morgan fingerprint density at radius 1 is 0.913 bits per heavy atom. The zero-order valence-corrected chi connectivity index (χ0v) is 15.8. The number of carbonyl (C=O) groups is 1. The molecule has 130 valence electrons. The van der Waals surface area contributed by atoms with Crippen LogP contribution in [0.3, 0.4) is 0 Å². The van der Waals surface area contributed by atoms with E-state index in [0.29, 0.717) is 18.8 Å². The summed E-state index contributed by atoms with van der Waals surface area (Å²) in [5.41, 5.74) is 0.579. The van der Waals surface area contributed by atoms with Crippen molar-refractivity contribution in [2.45, 2.75) is 58.3 Å². The number of carbonyl (C=O) groups excluding carboxylic acids is 1. The first-order valence-electron chi connectivity index (χ1n) is 8.74. The third-order valence-corrected chi connectivity index (χ3v) is 3.99. The van der Waals surface area contributed by atoms with Crippen LogP contribution in [0.5, 0.6) is 5.75 Å². The van der Waals surface area contributed by atoms with Crippen molar-refractivity contribution >= 4 is 21.9 Å². The third kappa shape index (κ3) is 9.65. The van der Waals surface area contributed by atoms with E-state index in [4.69, 9.17) is 9.47 Å². The first-order chi connectivity index (χ1) is 11.3. The molecule has 4 heteroatoms. The van der Waals surface area contributed by atoms with Gasteiger partial charge in [0.15, 0.2) is 0 Å². The normalized spacial score (nSPS) is 10.5. The molecule has 0 radical (unpaired) electrons. The number of ether oxygens (including phenoxy) is 2. The smallest absolute Gasteiger partial charge is 0.338 e. The maximum atomic E-state index is 11.9. The maximum absolute atomic E-state index is 11.9. The van der Waals surface area contributed by atoms with Crippen molar-refractivity contribution in [2.24, 2.45) is 0 Å². The minimum absolute atomic E-state index is 0.250. The van der Waals surface area contributed by atoms with Gasteiger partial charge in [0.25, 0.3) is 0 Å². The molecule has 0 aliphatic heterocycles. The second-order valence-corrected chi connectivity index (χ2v) is 6.47. The molecule has 0 aliphatic carbocycles. The fraction of sp³-hybridized carbons (Fsp3) is 0.632. The number of halogens is 1. The molecule has 0 aromatic heterocycles. The highest BCUT2D eigenvalue weighted by Gasteiger charge is 2.06. The zero-order chi connectivity index (χ0) is 16.8. The highest BCUT2D eigenvalue weighted by molar-refractivity contribution is 9.09. The molecule has 0 atom stereocenters. The molecule has 0 saturated carbocycles. The van der Waals surface area contributed by atoms with Gasteiger partial charge in [-0.15, -0.1) is 0 Å². The van der Waals surface area contributed by atoms with Crippen molar-refractivity contribution in [1.82, 2.24) is 0 Å². The Kier molecular flexibility index (Phi) is 11.7. The minimum atomic E-state index is -0.250. The predicted molar refractivity (Wildman–Crippen MR) is 98.6 cm³/mol. The molecule has 1 rings (SSSR count). The van der Waals surface area contributed by atoms with Crippen LogP contribution in [-0.2, 0) is 4.74 Å². The van der Waals surface area contributed by atoms with Gasteiger partial charge in [0, 0.05) is 5.33 Å². The first-order valence-corrected chi connectivity index (χ1v) is 9.86. The second-order valence-electron chi connectivity index (χ2n) is 5.67. The molecule has 0 spiro atoms. The number of benzene rings is 1. The van der Waals surface area contributed by atoms with Crippen molar-refractivity contribution in [2.75, 3.05) is 18.5 Å². The monoisotopic (exact) mass is 384 g/mol. The lowest BCUT2D eigenvalue weighted by Gasteiger charge is -2.07. The molecule has 1 aromatic carbocycles. The van der Waals surface area contributed by atoms with E-state index in [2.05, 4.69) is 22.9 Å². The lowest BCUT2D eigenvalue weighted by atomic mass is 10.1. The van der Waals surface area contributed by atoms with Crippen LogP contribution in [0.25, 0.3) is 0 Å². The lowest BCUT2D eigenvalue weighted by molar-refractivity contribution is 0.0497. The molecule has 0 heterocycles. The van der Waals surface area contributed by atoms with E-state index in [-0.39, 0.29) is 5.97 Å². The van der Waals surface area contributed by atoms with Crippen LogP contribution in [-0.4, -0.2) is 24.5 Å². The topological polar surface area (TPSA) is 35.5 Å². The minimum Gasteiger partial charge on any atom is -0.493 e. The summed E-state index contributed by atoms with van der Waals surface area (Å²) < 4.78 is 10.8. The molecule has 1 aromatic rings. The van der Waals surface area contributed by atoms with Gasteiger partial charge < -0.3 is 9.47 Å². The van der Waals surface area contributed by atoms with E-state index in [1.807, 2.05) is 0 Å². The molecule has 3 nitrogen and oxygen atoms in total. The zero-order valence-electron chi connectivity index (χ0n) is 14.2. The summed E-state index contributed by atoms with van der Waals surface area (Å²) in [6.07, 6.45) is 9.93. The molecular formula is C19H29BrO3. The van der Waals surface area contributed by atoms with Crippen LogP contribution < -0.4 is 4.74 Å². The van der Waals surface area contributed by atoms with Crippen LogP contribution in [0, 0.1) is 0 Å². The Morgan fingerprint density at radius 2 is 1.52 bits per heavy atom. The van der Waals surface area contributed by atoms with Crippen LogP contribution in [0.15, 0.2) is 24.3 Å². The highest BCUT2D eigenvalue weighted by atomic mass is 79.9. The van der Waals surface area contributed by atoms with Crippen LogP contribution in [0.1, 0.15) is 68.6 Å². The standard InChI is InChI=1S/C19H29BrO3/c1-2-3-4-5-6-7-8-9-15-23-19(21)17-10-12-18(13-11-17)22-16-14-20/h10-13H,2-9,14-16H2,1H3. The SMILES string of the molecule is CCCCCCCCCCOC(=O)c1ccc(OCCBr)cc1. The van der Waals surface area contributed by atoms with Crippen molar-refractivity contribution in [3.05, 3.63) is 29.8 Å². The molecule has 0 amide bonds. The summed E-state index contributed by atoms with van der Waals surface area (Å²) in [5, 5.41) is 0.787. The summed E-state index contributed by atoms with van der Waals surface area (Å²) >= 11 is 3.31. The molecule has 0 bridgehead atoms. The number of unbranched alkanes of at least 4 members (excludes halogenated alkanes) is 7. The van der Waals surface area contributed by atoms with Crippen LogP contribution in [0.4, 0.5) is 0 Å². The van der Waals surface area contributed by atoms with Gasteiger partial charge >= 0.3 is 5.97 Å². The van der Waals surface area contributed by atoms with Gasteiger partial charge in [0.2, 0.25) is 0 Å². The van der Waals surface area contributed by atoms with Gasteiger partial charge in [-0.1, -0.05) is 67.8 Å². The number of alkyl halides is 1. The van der Waals surface area contributed by atoms with Crippen molar-refractivity contribution in [1.29, 1.82) is 0 Å². The third-order valence-electron chi connectivity index (χ3n) is 3.67. The van der Waals surface area contributed by atoms with Gasteiger partial charge in [0.05, 0.1) is 18.8 Å². The van der Waals surface area contributed by atoms with E-state index in [1.54, 1.807) is 24.3 Å². The summed E-state index contributed by atoms with van der Waals surface area (Å²) in [5.74, 6) is 0.518. The Bertz CT molecular complexity index is 417. The van der Waals surface area contributed by atoms with Crippen molar-refractivity contribution < 1.29 is 14.3 Å². The number of hydrogen-bond donors (Lipinski definition) is 0. The number of rotatable bonds is 13. The molecule has 0 aliphatic rings. The maximum Gasteiger partial charge on any atom is 0.338 e. The summed E-state index contributed by atoms with van der Waals surface area (Å²) in [6.45, 7) is 3.36. The molecular weight excluding hydrogens is 356 g/mol. The summed E-state index contributed by atoms with van der Waals surface area (Å²) in [6, 6.07) is 7.10. The molecule has 0 fully saturated rings. The predicted octanol–water partition coefficient (Wildman–Crippen LogP) is 5.76. The van der Waals surface area contributed by atoms with Gasteiger partial charge in [-0.2, -0.15) is 0 Å². The lowest BCUT2D eigenvalue weighted by Crippen LogP contribution is -2.06.